The molecule has 0 saturated heterocycles. The quantitative estimate of drug-likeness (QED) is 0.727. The zero-order valence-electron chi connectivity index (χ0n) is 14.7. The number of hydrogen-bond donors (Lipinski definition) is 1. The summed E-state index contributed by atoms with van der Waals surface area (Å²) in [6.45, 7) is 2.69. The van der Waals surface area contributed by atoms with Gasteiger partial charge in [-0.05, 0) is 42.8 Å². The molecule has 0 spiro atoms. The fourth-order valence-corrected chi connectivity index (χ4v) is 4.45. The highest BCUT2D eigenvalue weighted by Crippen LogP contribution is 2.42. The predicted octanol–water partition coefficient (Wildman–Crippen LogP) is 4.53. The van der Waals surface area contributed by atoms with E-state index in [9.17, 15) is 4.79 Å². The smallest absolute Gasteiger partial charge is 0.261 e. The number of hydrogen-bond acceptors (Lipinski definition) is 5. The first-order valence-electron chi connectivity index (χ1n) is 8.74. The molecule has 2 aromatic carbocycles. The molecule has 0 saturated carbocycles. The molecule has 1 atom stereocenters. The van der Waals surface area contributed by atoms with Gasteiger partial charge in [0.05, 0.1) is 10.9 Å². The minimum Gasteiger partial charge on any atom is -0.488 e. The van der Waals surface area contributed by atoms with Crippen LogP contribution in [0.15, 0.2) is 48.5 Å². The molecule has 5 rings (SSSR count). The predicted molar refractivity (Wildman–Crippen MR) is 103 cm³/mol. The summed E-state index contributed by atoms with van der Waals surface area (Å²) in [7, 11) is 0. The molecule has 2 aliphatic rings. The average molecular weight is 379 g/mol. The van der Waals surface area contributed by atoms with Gasteiger partial charge in [0.15, 0.2) is 11.5 Å². The van der Waals surface area contributed by atoms with Gasteiger partial charge < -0.3 is 19.5 Å². The van der Waals surface area contributed by atoms with Crippen LogP contribution in [0.2, 0.25) is 0 Å². The lowest BCUT2D eigenvalue weighted by Gasteiger charge is -2.16. The third kappa shape index (κ3) is 2.82. The monoisotopic (exact) mass is 379 g/mol. The largest absolute Gasteiger partial charge is 0.488 e. The van der Waals surface area contributed by atoms with Gasteiger partial charge in [0.25, 0.3) is 5.91 Å². The van der Waals surface area contributed by atoms with Crippen molar-refractivity contribution in [2.75, 3.05) is 6.79 Å². The van der Waals surface area contributed by atoms with Gasteiger partial charge >= 0.3 is 0 Å². The molecule has 1 N–H and O–H groups in total. The minimum atomic E-state index is -0.144. The van der Waals surface area contributed by atoms with E-state index in [4.69, 9.17) is 14.2 Å². The van der Waals surface area contributed by atoms with E-state index in [1.165, 1.54) is 11.3 Å². The molecular weight excluding hydrogens is 362 g/mol. The van der Waals surface area contributed by atoms with Gasteiger partial charge in [-0.2, -0.15) is 0 Å². The molecule has 0 bridgehead atoms. The number of thiophene rings is 1. The van der Waals surface area contributed by atoms with Crippen molar-refractivity contribution in [1.29, 1.82) is 0 Å². The minimum absolute atomic E-state index is 0.0861. The molecule has 0 unspecified atom stereocenters. The molecule has 6 heteroatoms. The molecule has 3 aromatic rings. The number of amides is 1. The topological polar surface area (TPSA) is 56.8 Å². The van der Waals surface area contributed by atoms with Gasteiger partial charge in [0.2, 0.25) is 6.79 Å². The van der Waals surface area contributed by atoms with E-state index in [-0.39, 0.29) is 18.7 Å². The highest BCUT2D eigenvalue weighted by Gasteiger charge is 2.23. The summed E-state index contributed by atoms with van der Waals surface area (Å²) < 4.78 is 16.5. The first-order chi connectivity index (χ1) is 13.2. The zero-order chi connectivity index (χ0) is 18.4. The van der Waals surface area contributed by atoms with Crippen LogP contribution in [0.1, 0.15) is 33.8 Å². The molecule has 0 radical (unpaired) electrons. The molecule has 27 heavy (non-hydrogen) atoms. The number of rotatable bonds is 3. The maximum absolute atomic E-state index is 12.8. The Morgan fingerprint density at radius 2 is 1.89 bits per heavy atom. The Kier molecular flexibility index (Phi) is 3.79. The lowest BCUT2D eigenvalue weighted by atomic mass is 10.1. The van der Waals surface area contributed by atoms with Crippen LogP contribution in [0.4, 0.5) is 0 Å². The van der Waals surface area contributed by atoms with E-state index < -0.39 is 0 Å². The van der Waals surface area contributed by atoms with Gasteiger partial charge in [-0.15, -0.1) is 11.3 Å². The first kappa shape index (κ1) is 16.2. The molecule has 2 aliphatic heterocycles. The number of fused-ring (bicyclic) bond motifs is 4. The number of carbonyl (C=O) groups excluding carboxylic acids is 1. The van der Waals surface area contributed by atoms with Gasteiger partial charge in [-0.1, -0.05) is 18.2 Å². The van der Waals surface area contributed by atoms with Crippen molar-refractivity contribution in [3.05, 3.63) is 64.5 Å². The van der Waals surface area contributed by atoms with Crippen LogP contribution in [-0.4, -0.2) is 12.7 Å². The van der Waals surface area contributed by atoms with Crippen LogP contribution >= 0.6 is 11.3 Å². The zero-order valence-corrected chi connectivity index (χ0v) is 15.5. The van der Waals surface area contributed by atoms with Crippen LogP contribution < -0.4 is 19.5 Å². The second-order valence-corrected chi connectivity index (χ2v) is 7.61. The van der Waals surface area contributed by atoms with Gasteiger partial charge in [0.1, 0.15) is 12.4 Å². The summed E-state index contributed by atoms with van der Waals surface area (Å²) >= 11 is 1.51. The Morgan fingerprint density at radius 3 is 2.81 bits per heavy atom. The fraction of sp³-hybridized carbons (Fsp3) is 0.190. The van der Waals surface area contributed by atoms with Crippen molar-refractivity contribution in [1.82, 2.24) is 5.32 Å². The van der Waals surface area contributed by atoms with Crippen LogP contribution in [0.3, 0.4) is 0 Å². The third-order valence-corrected chi connectivity index (χ3v) is 6.00. The number of nitrogens with one attached hydrogen (secondary N) is 1. The van der Waals surface area contributed by atoms with Gasteiger partial charge in [0, 0.05) is 16.0 Å². The van der Waals surface area contributed by atoms with Crippen LogP contribution in [0.25, 0.3) is 10.4 Å². The Hall–Kier alpha value is -2.99. The van der Waals surface area contributed by atoms with E-state index in [2.05, 4.69) is 5.32 Å². The molecule has 136 valence electrons. The Bertz CT molecular complexity index is 1040. The second kappa shape index (κ2) is 6.32. The van der Waals surface area contributed by atoms with E-state index in [1.54, 1.807) is 0 Å². The highest BCUT2D eigenvalue weighted by molar-refractivity contribution is 7.17. The van der Waals surface area contributed by atoms with Gasteiger partial charge in [-0.3, -0.25) is 4.79 Å². The van der Waals surface area contributed by atoms with E-state index in [1.807, 2.05) is 55.5 Å². The number of benzene rings is 2. The summed E-state index contributed by atoms with van der Waals surface area (Å²) in [4.78, 5) is 14.6. The SMILES string of the molecule is C[C@H](NC(=O)c1cc2c(s1)-c1ccccc1OC2)c1ccc2c(c1)OCO2. The number of carbonyl (C=O) groups is 1. The number of ether oxygens (including phenoxy) is 3. The summed E-state index contributed by atoms with van der Waals surface area (Å²) in [6.07, 6.45) is 0. The van der Waals surface area contributed by atoms with Crippen molar-refractivity contribution >= 4 is 17.2 Å². The van der Waals surface area contributed by atoms with Crippen LogP contribution in [0, 0.1) is 0 Å². The van der Waals surface area contributed by atoms with Crippen molar-refractivity contribution < 1.29 is 19.0 Å². The van der Waals surface area contributed by atoms with Crippen molar-refractivity contribution in [2.24, 2.45) is 0 Å². The maximum atomic E-state index is 12.8. The summed E-state index contributed by atoms with van der Waals surface area (Å²) in [5, 5.41) is 3.07. The van der Waals surface area contributed by atoms with Crippen molar-refractivity contribution in [3.63, 3.8) is 0 Å². The molecule has 1 aromatic heterocycles. The molecule has 1 amide bonds. The lowest BCUT2D eigenvalue weighted by Crippen LogP contribution is -2.25. The standard InChI is InChI=1S/C21H17NO4S/c1-12(13-6-7-17-18(8-13)26-11-25-17)22-21(23)19-9-14-10-24-16-5-3-2-4-15(16)20(14)27-19/h2-9,12H,10-11H2,1H3,(H,22,23)/t12-/m0/s1. The van der Waals surface area contributed by atoms with E-state index >= 15 is 0 Å². The van der Waals surface area contributed by atoms with Crippen LogP contribution in [0.5, 0.6) is 17.2 Å². The second-order valence-electron chi connectivity index (χ2n) is 6.56. The lowest BCUT2D eigenvalue weighted by molar-refractivity contribution is 0.0944. The summed E-state index contributed by atoms with van der Waals surface area (Å²) in [5.41, 5.74) is 3.08. The van der Waals surface area contributed by atoms with Crippen molar-refractivity contribution in [2.45, 2.75) is 19.6 Å². The Balaban J connectivity index is 1.37. The summed E-state index contributed by atoms with van der Waals surface area (Å²) in [6, 6.07) is 15.4. The average Bonchev–Trinajstić information content (AvgIpc) is 3.34. The van der Waals surface area contributed by atoms with E-state index in [0.29, 0.717) is 17.2 Å². The normalized spacial score (nSPS) is 14.7. The van der Waals surface area contributed by atoms with Crippen LogP contribution in [-0.2, 0) is 6.61 Å². The van der Waals surface area contributed by atoms with E-state index in [0.717, 1.165) is 33.1 Å². The molecular formula is C21H17NO4S. The first-order valence-corrected chi connectivity index (χ1v) is 9.56. The fourth-order valence-electron chi connectivity index (χ4n) is 3.34. The highest BCUT2D eigenvalue weighted by atomic mass is 32.1. The molecule has 0 fully saturated rings. The molecule has 5 nitrogen and oxygen atoms in total. The molecule has 3 heterocycles. The maximum Gasteiger partial charge on any atom is 0.261 e. The van der Waals surface area contributed by atoms with Crippen molar-refractivity contribution in [3.8, 4) is 27.7 Å². The molecule has 0 aliphatic carbocycles. The summed E-state index contributed by atoms with van der Waals surface area (Å²) in [5.74, 6) is 2.24. The Labute approximate surface area is 160 Å². The van der Waals surface area contributed by atoms with Gasteiger partial charge in [-0.25, -0.2) is 0 Å². The third-order valence-electron chi connectivity index (χ3n) is 4.79. The Morgan fingerprint density at radius 1 is 1.04 bits per heavy atom. The number of para-hydroxylation sites is 1.